The molecule has 0 aliphatic carbocycles. The van der Waals surface area contributed by atoms with Crippen molar-refractivity contribution >= 4 is 29.3 Å². The zero-order valence-electron chi connectivity index (χ0n) is 25.7. The Labute approximate surface area is 262 Å². The Bertz CT molecular complexity index is 1510. The van der Waals surface area contributed by atoms with Gasteiger partial charge in [0.1, 0.15) is 0 Å². The number of aromatic nitrogens is 3. The van der Waals surface area contributed by atoms with Gasteiger partial charge in [-0.15, -0.1) is 5.10 Å². The van der Waals surface area contributed by atoms with E-state index >= 15 is 0 Å². The maximum absolute atomic E-state index is 13.8. The molecule has 0 spiro atoms. The largest absolute Gasteiger partial charge is 0.436 e. The maximum Gasteiger partial charge on any atom is 0.410 e. The minimum absolute atomic E-state index is 0.153. The van der Waals surface area contributed by atoms with Gasteiger partial charge in [0.25, 0.3) is 5.91 Å². The van der Waals surface area contributed by atoms with Crippen LogP contribution in [0.4, 0.5) is 10.5 Å². The highest BCUT2D eigenvalue weighted by atomic mass is 35.5. The van der Waals surface area contributed by atoms with Crippen LogP contribution in [0.25, 0.3) is 11.4 Å². The quantitative estimate of drug-likeness (QED) is 0.363. The Morgan fingerprint density at radius 1 is 1.07 bits per heavy atom. The number of carbonyl (C=O) groups is 2. The molecule has 3 N–H and O–H groups in total. The third-order valence-corrected chi connectivity index (χ3v) is 9.17. The number of hydrogen-bond acceptors (Lipinski definition) is 7. The monoisotopic (exact) mass is 623 g/mol. The number of ether oxygens (including phenoxy) is 1. The summed E-state index contributed by atoms with van der Waals surface area (Å²) in [7, 11) is 4.10. The number of aryl methyl sites for hydroxylation is 1. The molecule has 2 fully saturated rings. The number of amides is 2. The molecule has 2 aliphatic heterocycles. The number of halogens is 1. The summed E-state index contributed by atoms with van der Waals surface area (Å²) in [5, 5.41) is 4.95. The summed E-state index contributed by atoms with van der Waals surface area (Å²) < 4.78 is 7.45. The van der Waals surface area contributed by atoms with Crippen LogP contribution in [0.15, 0.2) is 47.3 Å². The summed E-state index contributed by atoms with van der Waals surface area (Å²) in [5.41, 5.74) is 8.92. The molecule has 0 unspecified atom stereocenters. The number of carbonyl (C=O) groups excluding carboxylic acids is 2. The maximum atomic E-state index is 13.8. The number of piperidine rings is 2. The molecule has 2 aromatic carbocycles. The van der Waals surface area contributed by atoms with E-state index in [4.69, 9.17) is 22.1 Å². The molecule has 236 valence electrons. The van der Waals surface area contributed by atoms with Gasteiger partial charge in [0, 0.05) is 44.2 Å². The van der Waals surface area contributed by atoms with E-state index in [2.05, 4.69) is 29.1 Å². The van der Waals surface area contributed by atoms with Gasteiger partial charge in [-0.2, -0.15) is 0 Å². The molecule has 0 bridgehead atoms. The second kappa shape index (κ2) is 13.9. The zero-order valence-corrected chi connectivity index (χ0v) is 26.4. The van der Waals surface area contributed by atoms with Gasteiger partial charge >= 0.3 is 11.8 Å². The normalized spacial score (nSPS) is 17.2. The van der Waals surface area contributed by atoms with Crippen LogP contribution in [0, 0.1) is 0 Å². The Hall–Kier alpha value is -3.83. The van der Waals surface area contributed by atoms with Crippen LogP contribution in [-0.2, 0) is 22.4 Å². The van der Waals surface area contributed by atoms with Crippen LogP contribution in [0.2, 0.25) is 5.02 Å². The molecule has 2 saturated heterocycles. The van der Waals surface area contributed by atoms with E-state index in [-0.39, 0.29) is 24.1 Å². The van der Waals surface area contributed by atoms with Crippen molar-refractivity contribution in [1.82, 2.24) is 29.5 Å². The Kier molecular flexibility index (Phi) is 9.95. The molecule has 1 aromatic heterocycles. The van der Waals surface area contributed by atoms with Crippen molar-refractivity contribution < 1.29 is 14.3 Å². The van der Waals surface area contributed by atoms with Gasteiger partial charge in [0.2, 0.25) is 0 Å². The smallest absolute Gasteiger partial charge is 0.410 e. The van der Waals surface area contributed by atoms with E-state index < -0.39 is 12.2 Å². The molecular weight excluding hydrogens is 582 g/mol. The number of likely N-dealkylation sites (tertiary alicyclic amines) is 2. The van der Waals surface area contributed by atoms with Crippen LogP contribution in [0.5, 0.6) is 0 Å². The first-order valence-corrected chi connectivity index (χ1v) is 15.7. The van der Waals surface area contributed by atoms with Crippen molar-refractivity contribution in [2.45, 2.75) is 63.6 Å². The first-order chi connectivity index (χ1) is 21.1. The number of nitrogens with two attached hydrogens (primary N) is 1. The number of benzene rings is 2. The minimum atomic E-state index is -0.997. The third-order valence-electron chi connectivity index (χ3n) is 8.86. The summed E-state index contributed by atoms with van der Waals surface area (Å²) in [5.74, 6) is 0.315. The SMILES string of the molecule is CCc1cc(C[C@@H](OC(=O)N2CCC(n3nc(-c4ccccc4)[nH]c3=O)CC2)C(=O)N2CCC(N(C)C)CC2)cc(Cl)c1N. The highest BCUT2D eigenvalue weighted by Gasteiger charge is 2.34. The number of H-pyrrole nitrogens is 1. The van der Waals surface area contributed by atoms with Gasteiger partial charge in [-0.25, -0.2) is 14.3 Å². The average Bonchev–Trinajstić information content (AvgIpc) is 3.43. The van der Waals surface area contributed by atoms with Gasteiger partial charge < -0.3 is 25.2 Å². The molecule has 2 amide bonds. The molecule has 3 aromatic rings. The van der Waals surface area contributed by atoms with Crippen molar-refractivity contribution in [3.63, 3.8) is 0 Å². The van der Waals surface area contributed by atoms with Crippen LogP contribution < -0.4 is 11.4 Å². The lowest BCUT2D eigenvalue weighted by Crippen LogP contribution is -2.50. The minimum Gasteiger partial charge on any atom is -0.436 e. The Morgan fingerprint density at radius 2 is 1.73 bits per heavy atom. The van der Waals surface area contributed by atoms with Crippen molar-refractivity contribution in [3.8, 4) is 11.4 Å². The molecule has 12 heteroatoms. The lowest BCUT2D eigenvalue weighted by Gasteiger charge is -2.37. The number of nitrogens with zero attached hydrogens (tertiary/aromatic N) is 5. The molecule has 11 nitrogen and oxygen atoms in total. The fourth-order valence-electron chi connectivity index (χ4n) is 6.15. The fraction of sp³-hybridized carbons (Fsp3) is 0.500. The van der Waals surface area contributed by atoms with Crippen molar-refractivity contribution in [1.29, 1.82) is 0 Å². The van der Waals surface area contributed by atoms with E-state index in [1.807, 2.05) is 43.3 Å². The van der Waals surface area contributed by atoms with Crippen molar-refractivity contribution in [3.05, 3.63) is 69.1 Å². The Balaban J connectivity index is 1.27. The van der Waals surface area contributed by atoms with E-state index in [9.17, 15) is 14.4 Å². The van der Waals surface area contributed by atoms with Gasteiger partial charge in [0.15, 0.2) is 11.9 Å². The second-order valence-corrected chi connectivity index (χ2v) is 12.3. The molecule has 2 aliphatic rings. The molecule has 44 heavy (non-hydrogen) atoms. The molecule has 5 rings (SSSR count). The van der Waals surface area contributed by atoms with E-state index in [1.165, 1.54) is 4.68 Å². The molecule has 1 atom stereocenters. The number of nitrogen functional groups attached to an aromatic ring is 1. The van der Waals surface area contributed by atoms with Crippen LogP contribution in [0.1, 0.15) is 49.8 Å². The van der Waals surface area contributed by atoms with Gasteiger partial charge in [0.05, 0.1) is 16.8 Å². The fourth-order valence-corrected chi connectivity index (χ4v) is 6.41. The molecule has 3 heterocycles. The van der Waals surface area contributed by atoms with Crippen molar-refractivity contribution in [2.75, 3.05) is 46.0 Å². The van der Waals surface area contributed by atoms with Gasteiger partial charge in [-0.3, -0.25) is 9.78 Å². The predicted molar refractivity (Wildman–Crippen MR) is 171 cm³/mol. The molecular formula is C32H42ClN7O4. The predicted octanol–water partition coefficient (Wildman–Crippen LogP) is 3.97. The molecule has 0 saturated carbocycles. The van der Waals surface area contributed by atoms with Crippen LogP contribution >= 0.6 is 11.6 Å². The van der Waals surface area contributed by atoms with Gasteiger partial charge in [-0.05, 0) is 63.4 Å². The van der Waals surface area contributed by atoms with E-state index in [1.54, 1.807) is 15.9 Å². The number of rotatable bonds is 8. The summed E-state index contributed by atoms with van der Waals surface area (Å²) in [6, 6.07) is 13.4. The first kappa shape index (κ1) is 31.6. The average molecular weight is 624 g/mol. The van der Waals surface area contributed by atoms with E-state index in [0.717, 1.165) is 29.5 Å². The highest BCUT2D eigenvalue weighted by Crippen LogP contribution is 2.28. The number of aromatic amines is 1. The van der Waals surface area contributed by atoms with Gasteiger partial charge in [-0.1, -0.05) is 54.9 Å². The first-order valence-electron chi connectivity index (χ1n) is 15.4. The highest BCUT2D eigenvalue weighted by molar-refractivity contribution is 6.33. The Morgan fingerprint density at radius 3 is 2.36 bits per heavy atom. The van der Waals surface area contributed by atoms with Crippen molar-refractivity contribution in [2.24, 2.45) is 0 Å². The lowest BCUT2D eigenvalue weighted by molar-refractivity contribution is -0.142. The molecule has 0 radical (unpaired) electrons. The topological polar surface area (TPSA) is 130 Å². The van der Waals surface area contributed by atoms with Crippen LogP contribution in [-0.4, -0.2) is 93.9 Å². The summed E-state index contributed by atoms with van der Waals surface area (Å²) >= 11 is 6.42. The third kappa shape index (κ3) is 7.10. The summed E-state index contributed by atoms with van der Waals surface area (Å²) in [6.07, 6.45) is 2.15. The number of nitrogens with one attached hydrogen (secondary N) is 1. The second-order valence-electron chi connectivity index (χ2n) is 11.9. The standard InChI is InChI=1S/C32H42ClN7O4/c1-4-22-18-21(19-26(33)28(22)34)20-27(30(41)38-14-10-24(11-15-38)37(2)3)44-32(43)39-16-12-25(13-17-39)40-31(42)35-29(36-40)23-8-6-5-7-9-23/h5-9,18-19,24-25,27H,4,10-17,20,34H2,1-3H3,(H,35,36,42)/t27-/m1/s1. The van der Waals surface area contributed by atoms with Crippen LogP contribution in [0.3, 0.4) is 0 Å². The lowest BCUT2D eigenvalue weighted by atomic mass is 9.99. The number of anilines is 1. The number of hydrogen-bond donors (Lipinski definition) is 2. The summed E-state index contributed by atoms with van der Waals surface area (Å²) in [6.45, 7) is 3.96. The zero-order chi connectivity index (χ0) is 31.4. The van der Waals surface area contributed by atoms with E-state index in [0.29, 0.717) is 68.0 Å². The summed E-state index contributed by atoms with van der Waals surface area (Å²) in [4.78, 5) is 48.4.